The van der Waals surface area contributed by atoms with Gasteiger partial charge in [0.05, 0.1) is 18.2 Å². The molecule has 0 heterocycles. The standard InChI is InChI=1S/C11H13NO/c1-9-7-10(5-6-13-2)3-4-11(9)8-12/h3-4,7H,5-6H2,1-2H3. The maximum absolute atomic E-state index is 8.71. The summed E-state index contributed by atoms with van der Waals surface area (Å²) in [6.45, 7) is 2.68. The molecule has 0 aromatic heterocycles. The third kappa shape index (κ3) is 2.57. The minimum absolute atomic E-state index is 0.728. The Morgan fingerprint density at radius 1 is 1.46 bits per heavy atom. The zero-order chi connectivity index (χ0) is 9.68. The highest BCUT2D eigenvalue weighted by molar-refractivity contribution is 5.39. The summed E-state index contributed by atoms with van der Waals surface area (Å²) in [6, 6.07) is 8.02. The van der Waals surface area contributed by atoms with Crippen molar-refractivity contribution in [1.82, 2.24) is 0 Å². The Labute approximate surface area is 78.8 Å². The lowest BCUT2D eigenvalue weighted by Gasteiger charge is -2.02. The molecule has 0 N–H and O–H groups in total. The summed E-state index contributed by atoms with van der Waals surface area (Å²) in [6.07, 6.45) is 0.906. The summed E-state index contributed by atoms with van der Waals surface area (Å²) >= 11 is 0. The molecule has 0 aliphatic heterocycles. The van der Waals surface area contributed by atoms with Crippen molar-refractivity contribution in [1.29, 1.82) is 5.26 Å². The maximum Gasteiger partial charge on any atom is 0.0994 e. The van der Waals surface area contributed by atoms with Crippen molar-refractivity contribution in [2.45, 2.75) is 13.3 Å². The molecule has 68 valence electrons. The largest absolute Gasteiger partial charge is 0.384 e. The van der Waals surface area contributed by atoms with Crippen molar-refractivity contribution >= 4 is 0 Å². The Kier molecular flexibility index (Phi) is 3.48. The van der Waals surface area contributed by atoms with Crippen LogP contribution in [0.3, 0.4) is 0 Å². The third-order valence-electron chi connectivity index (χ3n) is 2.01. The predicted molar refractivity (Wildman–Crippen MR) is 51.5 cm³/mol. The zero-order valence-corrected chi connectivity index (χ0v) is 8.00. The second-order valence-corrected chi connectivity index (χ2v) is 3.00. The van der Waals surface area contributed by atoms with Gasteiger partial charge in [0.2, 0.25) is 0 Å². The van der Waals surface area contributed by atoms with Crippen LogP contribution in [-0.4, -0.2) is 13.7 Å². The van der Waals surface area contributed by atoms with Gasteiger partial charge in [-0.15, -0.1) is 0 Å². The first-order valence-electron chi connectivity index (χ1n) is 4.26. The molecule has 0 atom stereocenters. The normalized spacial score (nSPS) is 9.62. The Morgan fingerprint density at radius 3 is 2.77 bits per heavy atom. The van der Waals surface area contributed by atoms with Crippen LogP contribution in [-0.2, 0) is 11.2 Å². The lowest BCUT2D eigenvalue weighted by molar-refractivity contribution is 0.202. The highest BCUT2D eigenvalue weighted by Gasteiger charge is 1.98. The Bertz CT molecular complexity index is 325. The van der Waals surface area contributed by atoms with E-state index in [0.717, 1.165) is 24.2 Å². The number of rotatable bonds is 3. The smallest absolute Gasteiger partial charge is 0.0994 e. The number of hydrogen-bond acceptors (Lipinski definition) is 2. The summed E-state index contributed by atoms with van der Waals surface area (Å²) < 4.78 is 4.98. The fraction of sp³-hybridized carbons (Fsp3) is 0.364. The number of ether oxygens (including phenoxy) is 1. The average molecular weight is 175 g/mol. The van der Waals surface area contributed by atoms with Crippen LogP contribution in [0.25, 0.3) is 0 Å². The van der Waals surface area contributed by atoms with Gasteiger partial charge in [-0.25, -0.2) is 0 Å². The maximum atomic E-state index is 8.71. The van der Waals surface area contributed by atoms with Gasteiger partial charge in [0.25, 0.3) is 0 Å². The molecule has 0 aliphatic rings. The summed E-state index contributed by atoms with van der Waals surface area (Å²) in [7, 11) is 1.69. The van der Waals surface area contributed by atoms with Gasteiger partial charge in [-0.1, -0.05) is 12.1 Å². The highest BCUT2D eigenvalue weighted by atomic mass is 16.5. The van der Waals surface area contributed by atoms with Crippen molar-refractivity contribution in [2.24, 2.45) is 0 Å². The lowest BCUT2D eigenvalue weighted by atomic mass is 10.0. The van der Waals surface area contributed by atoms with Crippen molar-refractivity contribution in [2.75, 3.05) is 13.7 Å². The summed E-state index contributed by atoms with van der Waals surface area (Å²) in [4.78, 5) is 0. The summed E-state index contributed by atoms with van der Waals surface area (Å²) in [5, 5.41) is 8.71. The molecular weight excluding hydrogens is 162 g/mol. The first-order chi connectivity index (χ1) is 6.27. The Balaban J connectivity index is 2.79. The molecule has 1 rings (SSSR count). The molecule has 0 radical (unpaired) electrons. The molecule has 13 heavy (non-hydrogen) atoms. The number of hydrogen-bond donors (Lipinski definition) is 0. The number of nitriles is 1. The number of nitrogens with zero attached hydrogens (tertiary/aromatic N) is 1. The van der Waals surface area contributed by atoms with E-state index in [-0.39, 0.29) is 0 Å². The minimum Gasteiger partial charge on any atom is -0.384 e. The van der Waals surface area contributed by atoms with E-state index in [4.69, 9.17) is 10.00 Å². The monoisotopic (exact) mass is 175 g/mol. The predicted octanol–water partition coefficient (Wildman–Crippen LogP) is 2.06. The molecule has 0 unspecified atom stereocenters. The molecule has 1 aromatic carbocycles. The zero-order valence-electron chi connectivity index (χ0n) is 8.00. The van der Waals surface area contributed by atoms with Crippen LogP contribution in [0.5, 0.6) is 0 Å². The van der Waals surface area contributed by atoms with Gasteiger partial charge in [-0.2, -0.15) is 5.26 Å². The van der Waals surface area contributed by atoms with Gasteiger partial charge >= 0.3 is 0 Å². The van der Waals surface area contributed by atoms with Crippen LogP contribution in [0.2, 0.25) is 0 Å². The van der Waals surface area contributed by atoms with E-state index in [0.29, 0.717) is 0 Å². The van der Waals surface area contributed by atoms with Gasteiger partial charge in [0.1, 0.15) is 0 Å². The fourth-order valence-electron chi connectivity index (χ4n) is 1.23. The topological polar surface area (TPSA) is 33.0 Å². The number of aryl methyl sites for hydroxylation is 1. The van der Waals surface area contributed by atoms with Crippen molar-refractivity contribution in [3.05, 3.63) is 34.9 Å². The van der Waals surface area contributed by atoms with Gasteiger partial charge in [0, 0.05) is 7.11 Å². The second-order valence-electron chi connectivity index (χ2n) is 3.00. The number of methoxy groups -OCH3 is 1. The van der Waals surface area contributed by atoms with Crippen LogP contribution >= 0.6 is 0 Å². The molecular formula is C11H13NO. The van der Waals surface area contributed by atoms with Gasteiger partial charge in [-0.05, 0) is 30.5 Å². The first-order valence-corrected chi connectivity index (χ1v) is 4.26. The SMILES string of the molecule is COCCc1ccc(C#N)c(C)c1. The summed E-state index contributed by atoms with van der Waals surface area (Å²) in [5.74, 6) is 0. The molecule has 1 aromatic rings. The van der Waals surface area contributed by atoms with E-state index >= 15 is 0 Å². The van der Waals surface area contributed by atoms with Crippen LogP contribution in [0.1, 0.15) is 16.7 Å². The second kappa shape index (κ2) is 4.64. The molecule has 0 saturated carbocycles. The quantitative estimate of drug-likeness (QED) is 0.704. The van der Waals surface area contributed by atoms with Crippen LogP contribution in [0, 0.1) is 18.3 Å². The molecule has 0 fully saturated rings. The minimum atomic E-state index is 0.728. The van der Waals surface area contributed by atoms with E-state index < -0.39 is 0 Å². The van der Waals surface area contributed by atoms with E-state index in [1.54, 1.807) is 7.11 Å². The lowest BCUT2D eigenvalue weighted by Crippen LogP contribution is -1.95. The highest BCUT2D eigenvalue weighted by Crippen LogP contribution is 2.10. The van der Waals surface area contributed by atoms with E-state index in [1.165, 1.54) is 5.56 Å². The van der Waals surface area contributed by atoms with Crippen molar-refractivity contribution < 1.29 is 4.74 Å². The molecule has 0 spiro atoms. The molecule has 2 nitrogen and oxygen atoms in total. The van der Waals surface area contributed by atoms with Crippen molar-refractivity contribution in [3.63, 3.8) is 0 Å². The van der Waals surface area contributed by atoms with E-state index in [1.807, 2.05) is 25.1 Å². The molecule has 0 aliphatic carbocycles. The van der Waals surface area contributed by atoms with Gasteiger partial charge < -0.3 is 4.74 Å². The molecule has 0 amide bonds. The molecule has 2 heteroatoms. The fourth-order valence-corrected chi connectivity index (χ4v) is 1.23. The van der Waals surface area contributed by atoms with E-state index in [9.17, 15) is 0 Å². The number of benzene rings is 1. The van der Waals surface area contributed by atoms with Crippen molar-refractivity contribution in [3.8, 4) is 6.07 Å². The van der Waals surface area contributed by atoms with Gasteiger partial charge in [0.15, 0.2) is 0 Å². The van der Waals surface area contributed by atoms with E-state index in [2.05, 4.69) is 6.07 Å². The third-order valence-corrected chi connectivity index (χ3v) is 2.01. The van der Waals surface area contributed by atoms with Crippen LogP contribution in [0.4, 0.5) is 0 Å². The molecule has 0 saturated heterocycles. The average Bonchev–Trinajstić information content (AvgIpc) is 2.15. The van der Waals surface area contributed by atoms with Crippen LogP contribution < -0.4 is 0 Å². The Hall–Kier alpha value is -1.33. The van der Waals surface area contributed by atoms with Crippen LogP contribution in [0.15, 0.2) is 18.2 Å². The summed E-state index contributed by atoms with van der Waals surface area (Å²) in [5.41, 5.74) is 3.01. The Morgan fingerprint density at radius 2 is 2.23 bits per heavy atom. The first kappa shape index (κ1) is 9.76. The molecule has 0 bridgehead atoms. The van der Waals surface area contributed by atoms with Gasteiger partial charge in [-0.3, -0.25) is 0 Å².